The van der Waals surface area contributed by atoms with Crippen LogP contribution in [0.2, 0.25) is 0 Å². The van der Waals surface area contributed by atoms with E-state index in [2.05, 4.69) is 5.32 Å². The lowest BCUT2D eigenvalue weighted by Crippen LogP contribution is -2.46. The molecule has 0 spiro atoms. The molecule has 124 valence electrons. The second-order valence-corrected chi connectivity index (χ2v) is 5.88. The maximum atomic E-state index is 13.2. The minimum Gasteiger partial charge on any atom is -0.463 e. The van der Waals surface area contributed by atoms with Gasteiger partial charge in [-0.2, -0.15) is 13.2 Å². The zero-order valence-electron chi connectivity index (χ0n) is 12.0. The van der Waals surface area contributed by atoms with Crippen LogP contribution in [-0.4, -0.2) is 35.4 Å². The van der Waals surface area contributed by atoms with Crippen LogP contribution in [0.4, 0.5) is 13.2 Å². The smallest absolute Gasteiger partial charge is 0.425 e. The summed E-state index contributed by atoms with van der Waals surface area (Å²) in [7, 11) is 0. The van der Waals surface area contributed by atoms with Crippen LogP contribution in [0.1, 0.15) is 30.8 Å². The van der Waals surface area contributed by atoms with Gasteiger partial charge in [0.05, 0.1) is 13.0 Å². The Bertz CT molecular complexity index is 551. The Morgan fingerprint density at radius 2 is 2.05 bits per heavy atom. The molecule has 1 atom stereocenters. The molecule has 1 aromatic rings. The van der Waals surface area contributed by atoms with Crippen molar-refractivity contribution in [3.05, 3.63) is 23.7 Å². The first-order valence-electron chi connectivity index (χ1n) is 6.85. The summed E-state index contributed by atoms with van der Waals surface area (Å²) in [5.74, 6) is -1.46. The van der Waals surface area contributed by atoms with E-state index in [1.165, 1.54) is 13.0 Å². The molecular formula is C14H18F3NO4. The Hall–Kier alpha value is -1.54. The molecule has 1 aromatic heterocycles. The molecule has 1 unspecified atom stereocenters. The fourth-order valence-electron chi connectivity index (χ4n) is 2.13. The first-order valence-corrected chi connectivity index (χ1v) is 6.85. The highest BCUT2D eigenvalue weighted by Crippen LogP contribution is 2.45. The lowest BCUT2D eigenvalue weighted by molar-refractivity contribution is -0.273. The Morgan fingerprint density at radius 3 is 2.45 bits per heavy atom. The van der Waals surface area contributed by atoms with Gasteiger partial charge in [0.25, 0.3) is 0 Å². The summed E-state index contributed by atoms with van der Waals surface area (Å²) in [5.41, 5.74) is -3.80. The molecule has 0 aromatic carbocycles. The third-order valence-electron chi connectivity index (χ3n) is 3.99. The number of furan rings is 1. The molecule has 3 N–H and O–H groups in total. The van der Waals surface area contributed by atoms with Crippen molar-refractivity contribution < 1.29 is 32.6 Å². The number of aryl methyl sites for hydroxylation is 1. The molecular weight excluding hydrogens is 303 g/mol. The fraction of sp³-hybridized carbons (Fsp3) is 0.643. The van der Waals surface area contributed by atoms with Gasteiger partial charge < -0.3 is 19.9 Å². The number of amides is 1. The average molecular weight is 321 g/mol. The predicted octanol–water partition coefficient (Wildman–Crippen LogP) is 1.62. The second-order valence-electron chi connectivity index (χ2n) is 5.88. The number of aliphatic hydroxyl groups excluding tert-OH is 1. The zero-order valence-corrected chi connectivity index (χ0v) is 12.0. The highest BCUT2D eigenvalue weighted by atomic mass is 19.4. The fourth-order valence-corrected chi connectivity index (χ4v) is 2.13. The van der Waals surface area contributed by atoms with Crippen LogP contribution in [0, 0.1) is 12.3 Å². The van der Waals surface area contributed by atoms with E-state index in [0.29, 0.717) is 12.8 Å². The molecule has 8 heteroatoms. The van der Waals surface area contributed by atoms with Crippen molar-refractivity contribution in [2.45, 2.75) is 38.0 Å². The van der Waals surface area contributed by atoms with Gasteiger partial charge in [-0.1, -0.05) is 0 Å². The Kier molecular flexibility index (Phi) is 4.27. The summed E-state index contributed by atoms with van der Waals surface area (Å²) in [6.45, 7) is 1.40. The summed E-state index contributed by atoms with van der Waals surface area (Å²) in [6, 6.07) is 2.29. The van der Waals surface area contributed by atoms with E-state index in [0.717, 1.165) is 6.07 Å². The molecule has 1 saturated carbocycles. The molecule has 0 saturated heterocycles. The highest BCUT2D eigenvalue weighted by Gasteiger charge is 2.58. The Balaban J connectivity index is 2.09. The average Bonchev–Trinajstić information content (AvgIpc) is 3.08. The van der Waals surface area contributed by atoms with Crippen molar-refractivity contribution in [3.63, 3.8) is 0 Å². The van der Waals surface area contributed by atoms with Crippen LogP contribution < -0.4 is 5.32 Å². The third kappa shape index (κ3) is 3.27. The lowest BCUT2D eigenvalue weighted by Gasteiger charge is -2.28. The maximum absolute atomic E-state index is 13.2. The monoisotopic (exact) mass is 321 g/mol. The Labute approximate surface area is 125 Å². The predicted molar refractivity (Wildman–Crippen MR) is 69.8 cm³/mol. The maximum Gasteiger partial charge on any atom is 0.425 e. The number of nitrogens with one attached hydrogen (secondary N) is 1. The molecule has 1 heterocycles. The van der Waals surface area contributed by atoms with Gasteiger partial charge >= 0.3 is 6.18 Å². The van der Waals surface area contributed by atoms with Crippen molar-refractivity contribution in [2.24, 2.45) is 5.41 Å². The van der Waals surface area contributed by atoms with E-state index in [-0.39, 0.29) is 18.9 Å². The molecule has 1 fully saturated rings. The van der Waals surface area contributed by atoms with E-state index in [9.17, 15) is 23.1 Å². The zero-order chi connectivity index (χ0) is 16.6. The van der Waals surface area contributed by atoms with Crippen molar-refractivity contribution in [3.8, 4) is 0 Å². The van der Waals surface area contributed by atoms with Crippen molar-refractivity contribution >= 4 is 5.91 Å². The minimum absolute atomic E-state index is 0.0907. The van der Waals surface area contributed by atoms with E-state index >= 15 is 0 Å². The summed E-state index contributed by atoms with van der Waals surface area (Å²) >= 11 is 0. The number of carbonyl (C=O) groups is 1. The van der Waals surface area contributed by atoms with Crippen LogP contribution in [-0.2, 0) is 10.4 Å². The van der Waals surface area contributed by atoms with Crippen LogP contribution in [0.15, 0.2) is 16.5 Å². The summed E-state index contributed by atoms with van der Waals surface area (Å²) in [4.78, 5) is 11.8. The van der Waals surface area contributed by atoms with Gasteiger partial charge in [0.1, 0.15) is 11.5 Å². The number of rotatable bonds is 6. The molecule has 0 radical (unpaired) electrons. The molecule has 2 rings (SSSR count). The molecule has 0 bridgehead atoms. The van der Waals surface area contributed by atoms with Crippen LogP contribution in [0.3, 0.4) is 0 Å². The van der Waals surface area contributed by atoms with Gasteiger partial charge in [0, 0.05) is 12.0 Å². The minimum atomic E-state index is -5.05. The summed E-state index contributed by atoms with van der Waals surface area (Å²) in [6.07, 6.45) is -4.82. The largest absolute Gasteiger partial charge is 0.463 e. The first-order chi connectivity index (χ1) is 10.1. The molecule has 5 nitrogen and oxygen atoms in total. The normalized spacial score (nSPS) is 19.5. The third-order valence-corrected chi connectivity index (χ3v) is 3.99. The van der Waals surface area contributed by atoms with Crippen molar-refractivity contribution in [1.82, 2.24) is 5.32 Å². The second kappa shape index (κ2) is 5.58. The van der Waals surface area contributed by atoms with Gasteiger partial charge in [-0.3, -0.25) is 4.79 Å². The highest BCUT2D eigenvalue weighted by molar-refractivity contribution is 5.77. The van der Waals surface area contributed by atoms with Crippen LogP contribution in [0.5, 0.6) is 0 Å². The van der Waals surface area contributed by atoms with Gasteiger partial charge in [-0.05, 0) is 31.9 Å². The Morgan fingerprint density at radius 1 is 1.41 bits per heavy atom. The van der Waals surface area contributed by atoms with Gasteiger partial charge in [0.15, 0.2) is 0 Å². The summed E-state index contributed by atoms with van der Waals surface area (Å²) in [5, 5.41) is 21.4. The van der Waals surface area contributed by atoms with Crippen LogP contribution >= 0.6 is 0 Å². The van der Waals surface area contributed by atoms with E-state index in [1.807, 2.05) is 0 Å². The van der Waals surface area contributed by atoms with Gasteiger partial charge in [-0.15, -0.1) is 0 Å². The number of aliphatic hydroxyl groups is 2. The van der Waals surface area contributed by atoms with Crippen LogP contribution in [0.25, 0.3) is 0 Å². The number of alkyl halides is 3. The quantitative estimate of drug-likeness (QED) is 0.743. The SMILES string of the molecule is Cc1ccc(C(O)(CC(=O)NCC2(CO)CC2)C(F)(F)F)o1. The summed E-state index contributed by atoms with van der Waals surface area (Å²) < 4.78 is 44.4. The molecule has 22 heavy (non-hydrogen) atoms. The standard InChI is InChI=1S/C14H18F3NO4/c1-9-2-3-10(22-9)13(21,14(15,16)17)6-11(20)18-7-12(8-19)4-5-12/h2-3,19,21H,4-8H2,1H3,(H,18,20). The topological polar surface area (TPSA) is 82.7 Å². The number of hydrogen-bond acceptors (Lipinski definition) is 4. The van der Waals surface area contributed by atoms with Crippen molar-refractivity contribution in [2.75, 3.05) is 13.2 Å². The van der Waals surface area contributed by atoms with Crippen molar-refractivity contribution in [1.29, 1.82) is 0 Å². The first kappa shape index (κ1) is 16.8. The molecule has 1 amide bonds. The molecule has 1 aliphatic carbocycles. The van der Waals surface area contributed by atoms with E-state index < -0.39 is 35.3 Å². The van der Waals surface area contributed by atoms with E-state index in [4.69, 9.17) is 9.52 Å². The van der Waals surface area contributed by atoms with Gasteiger partial charge in [-0.25, -0.2) is 0 Å². The molecule has 0 aliphatic heterocycles. The molecule has 1 aliphatic rings. The van der Waals surface area contributed by atoms with E-state index in [1.54, 1.807) is 0 Å². The number of hydrogen-bond donors (Lipinski definition) is 3. The number of carbonyl (C=O) groups excluding carboxylic acids is 1. The lowest BCUT2D eigenvalue weighted by atomic mass is 9.95. The number of halogens is 3. The van der Waals surface area contributed by atoms with Gasteiger partial charge in [0.2, 0.25) is 11.5 Å².